The summed E-state index contributed by atoms with van der Waals surface area (Å²) in [5, 5.41) is 2.62. The van der Waals surface area contributed by atoms with Gasteiger partial charge in [-0.25, -0.2) is 13.1 Å². The topological polar surface area (TPSA) is 84.5 Å². The maximum absolute atomic E-state index is 12.1. The Morgan fingerprint density at radius 2 is 2.00 bits per heavy atom. The first-order valence-corrected chi connectivity index (χ1v) is 8.17. The minimum absolute atomic E-state index is 0.195. The molecule has 21 heavy (non-hydrogen) atoms. The molecule has 1 aromatic carbocycles. The van der Waals surface area contributed by atoms with Gasteiger partial charge in [0.15, 0.2) is 0 Å². The molecule has 6 nitrogen and oxygen atoms in total. The number of carbonyl (C=O) groups is 1. The van der Waals surface area contributed by atoms with Crippen molar-refractivity contribution in [2.75, 3.05) is 26.8 Å². The van der Waals surface area contributed by atoms with Gasteiger partial charge in [-0.1, -0.05) is 17.7 Å². The van der Waals surface area contributed by atoms with Gasteiger partial charge >= 0.3 is 0 Å². The van der Waals surface area contributed by atoms with Gasteiger partial charge in [0.25, 0.3) is 0 Å². The molecule has 0 bridgehead atoms. The molecule has 2 N–H and O–H groups in total. The van der Waals surface area contributed by atoms with Gasteiger partial charge < -0.3 is 10.1 Å². The van der Waals surface area contributed by atoms with Crippen LogP contribution in [-0.2, 0) is 19.6 Å². The molecule has 0 aromatic heterocycles. The highest BCUT2D eigenvalue weighted by molar-refractivity contribution is 7.89. The van der Waals surface area contributed by atoms with Crippen molar-refractivity contribution in [1.82, 2.24) is 10.0 Å². The first-order valence-electron chi connectivity index (χ1n) is 6.69. The summed E-state index contributed by atoms with van der Waals surface area (Å²) in [4.78, 5) is 11.7. The molecule has 0 aliphatic heterocycles. The number of rotatable bonds is 8. The Bertz CT molecular complexity index is 585. The second-order valence-electron chi connectivity index (χ2n) is 4.79. The standard InChI is InChI=1S/C14H22N2O4S/c1-11-5-6-13(12(2)9-11)21(18,19)16-10-14(17)15-7-4-8-20-3/h5-6,9,16H,4,7-8,10H2,1-3H3,(H,15,17). The van der Waals surface area contributed by atoms with E-state index in [9.17, 15) is 13.2 Å². The van der Waals surface area contributed by atoms with Crippen LogP contribution in [0.3, 0.4) is 0 Å². The molecule has 0 saturated heterocycles. The summed E-state index contributed by atoms with van der Waals surface area (Å²) in [6.07, 6.45) is 0.687. The van der Waals surface area contributed by atoms with Crippen molar-refractivity contribution in [3.8, 4) is 0 Å². The van der Waals surface area contributed by atoms with Crippen LogP contribution in [0.4, 0.5) is 0 Å². The molecule has 1 aromatic rings. The lowest BCUT2D eigenvalue weighted by atomic mass is 10.2. The van der Waals surface area contributed by atoms with E-state index in [-0.39, 0.29) is 17.3 Å². The molecule has 0 aliphatic rings. The smallest absolute Gasteiger partial charge is 0.241 e. The number of nitrogens with one attached hydrogen (secondary N) is 2. The molecule has 0 aliphatic carbocycles. The van der Waals surface area contributed by atoms with Crippen LogP contribution in [0.1, 0.15) is 17.5 Å². The summed E-state index contributed by atoms with van der Waals surface area (Å²) in [5.74, 6) is -0.362. The molecule has 0 radical (unpaired) electrons. The lowest BCUT2D eigenvalue weighted by Gasteiger charge is -2.10. The van der Waals surface area contributed by atoms with Gasteiger partial charge in [-0.15, -0.1) is 0 Å². The highest BCUT2D eigenvalue weighted by Gasteiger charge is 2.17. The summed E-state index contributed by atoms with van der Waals surface area (Å²) in [7, 11) is -2.09. The third-order valence-corrected chi connectivity index (χ3v) is 4.45. The van der Waals surface area contributed by atoms with Crippen molar-refractivity contribution < 1.29 is 17.9 Å². The number of sulfonamides is 1. The van der Waals surface area contributed by atoms with Crippen LogP contribution in [0.15, 0.2) is 23.1 Å². The molecule has 0 spiro atoms. The van der Waals surface area contributed by atoms with E-state index in [2.05, 4.69) is 10.0 Å². The van der Waals surface area contributed by atoms with Crippen molar-refractivity contribution in [3.63, 3.8) is 0 Å². The van der Waals surface area contributed by atoms with Crippen LogP contribution in [-0.4, -0.2) is 41.1 Å². The lowest BCUT2D eigenvalue weighted by molar-refractivity contribution is -0.120. The zero-order chi connectivity index (χ0) is 15.9. The second-order valence-corrected chi connectivity index (χ2v) is 6.53. The minimum atomic E-state index is -3.67. The first-order chi connectivity index (χ1) is 9.86. The normalized spacial score (nSPS) is 11.4. The largest absolute Gasteiger partial charge is 0.385 e. The van der Waals surface area contributed by atoms with Gasteiger partial charge in [0, 0.05) is 20.3 Å². The van der Waals surface area contributed by atoms with E-state index in [0.29, 0.717) is 25.1 Å². The van der Waals surface area contributed by atoms with Crippen molar-refractivity contribution in [2.45, 2.75) is 25.2 Å². The number of hydrogen-bond donors (Lipinski definition) is 2. The van der Waals surface area contributed by atoms with Gasteiger partial charge in [-0.2, -0.15) is 0 Å². The Balaban J connectivity index is 2.55. The summed E-state index contributed by atoms with van der Waals surface area (Å²) in [6, 6.07) is 5.06. The number of ether oxygens (including phenoxy) is 1. The van der Waals surface area contributed by atoms with E-state index in [1.165, 1.54) is 0 Å². The monoisotopic (exact) mass is 314 g/mol. The van der Waals surface area contributed by atoms with Gasteiger partial charge in [0.05, 0.1) is 11.4 Å². The maximum Gasteiger partial charge on any atom is 0.241 e. The molecule has 0 heterocycles. The van der Waals surface area contributed by atoms with E-state index in [4.69, 9.17) is 4.74 Å². The van der Waals surface area contributed by atoms with Crippen molar-refractivity contribution in [2.24, 2.45) is 0 Å². The van der Waals surface area contributed by atoms with Crippen LogP contribution in [0.25, 0.3) is 0 Å². The van der Waals surface area contributed by atoms with Crippen molar-refractivity contribution in [1.29, 1.82) is 0 Å². The Morgan fingerprint density at radius 1 is 1.29 bits per heavy atom. The number of carbonyl (C=O) groups excluding carboxylic acids is 1. The molecule has 118 valence electrons. The van der Waals surface area contributed by atoms with E-state index in [0.717, 1.165) is 5.56 Å². The Labute approximate surface area is 125 Å². The van der Waals surface area contributed by atoms with Crippen LogP contribution >= 0.6 is 0 Å². The zero-order valence-corrected chi connectivity index (χ0v) is 13.4. The van der Waals surface area contributed by atoms with E-state index in [1.54, 1.807) is 32.2 Å². The lowest BCUT2D eigenvalue weighted by Crippen LogP contribution is -2.37. The Morgan fingerprint density at radius 3 is 2.62 bits per heavy atom. The minimum Gasteiger partial charge on any atom is -0.385 e. The van der Waals surface area contributed by atoms with Gasteiger partial charge in [-0.05, 0) is 31.9 Å². The fourth-order valence-electron chi connectivity index (χ4n) is 1.85. The molecule has 0 fully saturated rings. The molecule has 0 atom stereocenters. The average molecular weight is 314 g/mol. The third kappa shape index (κ3) is 5.82. The van der Waals surface area contributed by atoms with Crippen LogP contribution in [0.2, 0.25) is 0 Å². The summed E-state index contributed by atoms with van der Waals surface area (Å²) in [5.41, 5.74) is 1.64. The average Bonchev–Trinajstić information content (AvgIpc) is 2.41. The Kier molecular flexibility index (Phi) is 6.80. The molecule has 7 heteroatoms. The number of methoxy groups -OCH3 is 1. The Hall–Kier alpha value is -1.44. The summed E-state index contributed by atoms with van der Waals surface area (Å²) < 4.78 is 31.4. The quantitative estimate of drug-likeness (QED) is 0.693. The second kappa shape index (κ2) is 8.11. The van der Waals surface area contributed by atoms with E-state index < -0.39 is 10.0 Å². The highest BCUT2D eigenvalue weighted by Crippen LogP contribution is 2.15. The maximum atomic E-state index is 12.1. The van der Waals surface area contributed by atoms with Crippen LogP contribution < -0.4 is 10.0 Å². The van der Waals surface area contributed by atoms with Crippen LogP contribution in [0, 0.1) is 13.8 Å². The number of amides is 1. The zero-order valence-electron chi connectivity index (χ0n) is 12.6. The predicted molar refractivity (Wildman–Crippen MR) is 80.6 cm³/mol. The molecular formula is C14H22N2O4S. The molecular weight excluding hydrogens is 292 g/mol. The third-order valence-electron chi connectivity index (χ3n) is 2.89. The van der Waals surface area contributed by atoms with Gasteiger partial charge in [-0.3, -0.25) is 4.79 Å². The fourth-order valence-corrected chi connectivity index (χ4v) is 3.05. The fraction of sp³-hybridized carbons (Fsp3) is 0.500. The van der Waals surface area contributed by atoms with Gasteiger partial charge in [0.1, 0.15) is 0 Å². The van der Waals surface area contributed by atoms with Gasteiger partial charge in [0.2, 0.25) is 15.9 Å². The van der Waals surface area contributed by atoms with E-state index >= 15 is 0 Å². The number of benzene rings is 1. The summed E-state index contributed by atoms with van der Waals surface area (Å²) >= 11 is 0. The molecule has 0 saturated carbocycles. The summed E-state index contributed by atoms with van der Waals surface area (Å²) in [6.45, 7) is 4.35. The number of hydrogen-bond acceptors (Lipinski definition) is 4. The SMILES string of the molecule is COCCCNC(=O)CNS(=O)(=O)c1ccc(C)cc1C. The highest BCUT2D eigenvalue weighted by atomic mass is 32.2. The molecule has 1 rings (SSSR count). The van der Waals surface area contributed by atoms with E-state index in [1.807, 2.05) is 6.92 Å². The number of aryl methyl sites for hydroxylation is 2. The molecule has 1 amide bonds. The van der Waals surface area contributed by atoms with Crippen LogP contribution in [0.5, 0.6) is 0 Å². The molecule has 0 unspecified atom stereocenters. The van der Waals surface area contributed by atoms with Crippen molar-refractivity contribution in [3.05, 3.63) is 29.3 Å². The van der Waals surface area contributed by atoms with Crippen molar-refractivity contribution >= 4 is 15.9 Å². The predicted octanol–water partition coefficient (Wildman–Crippen LogP) is 0.734. The first kappa shape index (κ1) is 17.6.